The fraction of sp³-hybridized carbons (Fsp3) is 0.500. The number of fused-ring (bicyclic) bond motifs is 1. The van der Waals surface area contributed by atoms with E-state index >= 15 is 0 Å². The summed E-state index contributed by atoms with van der Waals surface area (Å²) in [5.74, 6) is 1.18. The van der Waals surface area contributed by atoms with E-state index in [1.807, 2.05) is 24.3 Å². The molecule has 180 valence electrons. The van der Waals surface area contributed by atoms with E-state index in [9.17, 15) is 14.4 Å². The minimum atomic E-state index is -0.268. The normalized spacial score (nSPS) is 12.3. The Morgan fingerprint density at radius 2 is 1.64 bits per heavy atom. The smallest absolute Gasteiger partial charge is 0.267 e. The minimum absolute atomic E-state index is 0.0151. The predicted octanol–water partition coefficient (Wildman–Crippen LogP) is 5.82. The number of carbonyl (C=O) groups is 2. The molecule has 0 bridgehead atoms. The molecule has 1 amide bonds. The second-order valence-corrected chi connectivity index (χ2v) is 9.02. The SMILES string of the molecule is O=C(CCCCCl)Nc1cccc(-c2n[nH]c(=O)c3c2CCCC3)c1.O=C(Cl)CCCCCl. The summed E-state index contributed by atoms with van der Waals surface area (Å²) < 4.78 is 0. The highest BCUT2D eigenvalue weighted by atomic mass is 35.5. The highest BCUT2D eigenvalue weighted by Crippen LogP contribution is 2.29. The van der Waals surface area contributed by atoms with Gasteiger partial charge in [0, 0.05) is 41.4 Å². The summed E-state index contributed by atoms with van der Waals surface area (Å²) in [5.41, 5.74) is 4.28. The van der Waals surface area contributed by atoms with E-state index in [-0.39, 0.29) is 16.7 Å². The van der Waals surface area contributed by atoms with E-state index in [4.69, 9.17) is 34.8 Å². The second-order valence-electron chi connectivity index (χ2n) is 7.84. The van der Waals surface area contributed by atoms with Gasteiger partial charge >= 0.3 is 0 Å². The molecule has 0 spiro atoms. The van der Waals surface area contributed by atoms with Crippen LogP contribution in [0.1, 0.15) is 62.5 Å². The van der Waals surface area contributed by atoms with Crippen molar-refractivity contribution >= 4 is 51.6 Å². The fourth-order valence-corrected chi connectivity index (χ4v) is 4.12. The Hall–Kier alpha value is -1.89. The molecule has 0 atom stereocenters. The molecule has 0 radical (unpaired) electrons. The third-order valence-corrected chi connectivity index (χ3v) is 5.98. The van der Waals surface area contributed by atoms with Crippen LogP contribution in [-0.2, 0) is 22.4 Å². The third kappa shape index (κ3) is 9.48. The number of rotatable bonds is 10. The van der Waals surface area contributed by atoms with Gasteiger partial charge in [0.25, 0.3) is 5.56 Å². The first-order valence-electron chi connectivity index (χ1n) is 11.3. The first kappa shape index (κ1) is 27.4. The molecule has 6 nitrogen and oxygen atoms in total. The highest BCUT2D eigenvalue weighted by molar-refractivity contribution is 6.63. The summed E-state index contributed by atoms with van der Waals surface area (Å²) >= 11 is 16.0. The molecule has 0 aliphatic heterocycles. The van der Waals surface area contributed by atoms with E-state index < -0.39 is 0 Å². The molecule has 1 aromatic carbocycles. The lowest BCUT2D eigenvalue weighted by atomic mass is 9.90. The number of hydrogen-bond acceptors (Lipinski definition) is 4. The molecule has 1 aliphatic carbocycles. The van der Waals surface area contributed by atoms with Gasteiger partial charge in [0.1, 0.15) is 0 Å². The Morgan fingerprint density at radius 3 is 2.30 bits per heavy atom. The number of aromatic nitrogens is 2. The molecule has 33 heavy (non-hydrogen) atoms. The van der Waals surface area contributed by atoms with E-state index in [1.54, 1.807) is 0 Å². The number of hydrogen-bond donors (Lipinski definition) is 2. The zero-order chi connectivity index (χ0) is 24.1. The van der Waals surface area contributed by atoms with Crippen molar-refractivity contribution in [1.29, 1.82) is 0 Å². The van der Waals surface area contributed by atoms with Crippen LogP contribution in [0.3, 0.4) is 0 Å². The topological polar surface area (TPSA) is 91.9 Å². The molecule has 1 aromatic heterocycles. The Kier molecular flexibility index (Phi) is 12.5. The van der Waals surface area contributed by atoms with Crippen LogP contribution in [0, 0.1) is 0 Å². The number of benzene rings is 1. The summed E-state index contributed by atoms with van der Waals surface area (Å²) in [4.78, 5) is 34.0. The van der Waals surface area contributed by atoms with Crippen LogP contribution < -0.4 is 10.9 Å². The third-order valence-electron chi connectivity index (χ3n) is 5.26. The molecule has 1 aliphatic rings. The van der Waals surface area contributed by atoms with Crippen LogP contribution in [-0.4, -0.2) is 33.1 Å². The van der Waals surface area contributed by atoms with Crippen LogP contribution in [0.2, 0.25) is 0 Å². The number of halogens is 3. The molecule has 3 rings (SSSR count). The van der Waals surface area contributed by atoms with Crippen molar-refractivity contribution in [2.24, 2.45) is 0 Å². The standard InChI is InChI=1S/C19H22ClN3O2.C5H8Cl2O/c20-11-4-3-10-17(24)21-14-7-5-6-13(12-14)18-15-8-1-2-9-16(15)19(25)23-22-18;6-4-2-1-3-5(7)8/h5-7,12H,1-4,8-11H2,(H,21,24)(H,23,25);1-4H2. The first-order valence-corrected chi connectivity index (χ1v) is 12.7. The van der Waals surface area contributed by atoms with Crippen molar-refractivity contribution in [2.45, 2.75) is 64.2 Å². The number of alkyl halides is 2. The van der Waals surface area contributed by atoms with E-state index in [0.29, 0.717) is 24.6 Å². The van der Waals surface area contributed by atoms with E-state index in [2.05, 4.69) is 15.5 Å². The molecule has 0 fully saturated rings. The van der Waals surface area contributed by atoms with Gasteiger partial charge in [-0.15, -0.1) is 23.2 Å². The summed E-state index contributed by atoms with van der Waals surface area (Å²) in [7, 11) is 0. The van der Waals surface area contributed by atoms with E-state index in [1.165, 1.54) is 0 Å². The van der Waals surface area contributed by atoms with Gasteiger partial charge in [-0.25, -0.2) is 5.10 Å². The molecule has 9 heteroatoms. The van der Waals surface area contributed by atoms with Crippen molar-refractivity contribution < 1.29 is 9.59 Å². The van der Waals surface area contributed by atoms with Gasteiger partial charge in [-0.3, -0.25) is 14.4 Å². The van der Waals surface area contributed by atoms with Gasteiger partial charge in [0.2, 0.25) is 11.1 Å². The quantitative estimate of drug-likeness (QED) is 0.237. The molecular weight excluding hydrogens is 485 g/mol. The van der Waals surface area contributed by atoms with Gasteiger partial charge in [0.15, 0.2) is 0 Å². The van der Waals surface area contributed by atoms with Gasteiger partial charge in [-0.2, -0.15) is 5.10 Å². The van der Waals surface area contributed by atoms with Crippen LogP contribution in [0.4, 0.5) is 5.69 Å². The van der Waals surface area contributed by atoms with Gasteiger partial charge in [0.05, 0.1) is 5.69 Å². The van der Waals surface area contributed by atoms with Crippen molar-refractivity contribution in [3.8, 4) is 11.3 Å². The fourth-order valence-electron chi connectivity index (χ4n) is 3.60. The van der Waals surface area contributed by atoms with Crippen molar-refractivity contribution in [2.75, 3.05) is 17.1 Å². The Morgan fingerprint density at radius 1 is 0.970 bits per heavy atom. The molecule has 1 heterocycles. The summed E-state index contributed by atoms with van der Waals surface area (Å²) in [6, 6.07) is 7.63. The van der Waals surface area contributed by atoms with Crippen LogP contribution >= 0.6 is 34.8 Å². The maximum absolute atomic E-state index is 12.0. The molecule has 0 saturated carbocycles. The Balaban J connectivity index is 0.000000414. The number of aromatic amines is 1. The first-order chi connectivity index (χ1) is 16.0. The lowest BCUT2D eigenvalue weighted by Crippen LogP contribution is -2.21. The van der Waals surface area contributed by atoms with Crippen molar-refractivity contribution in [1.82, 2.24) is 10.2 Å². The van der Waals surface area contributed by atoms with Crippen molar-refractivity contribution in [3.05, 3.63) is 45.7 Å². The number of amides is 1. The van der Waals surface area contributed by atoms with Gasteiger partial charge in [-0.05, 0) is 80.7 Å². The molecule has 2 N–H and O–H groups in total. The lowest BCUT2D eigenvalue weighted by Gasteiger charge is -2.17. The zero-order valence-electron chi connectivity index (χ0n) is 18.6. The Labute approximate surface area is 209 Å². The lowest BCUT2D eigenvalue weighted by molar-refractivity contribution is -0.116. The maximum Gasteiger partial charge on any atom is 0.267 e. The van der Waals surface area contributed by atoms with Gasteiger partial charge < -0.3 is 5.32 Å². The molecular formula is C24H30Cl3N3O3. The van der Waals surface area contributed by atoms with Crippen LogP contribution in [0.5, 0.6) is 0 Å². The summed E-state index contributed by atoms with van der Waals surface area (Å²) in [6.45, 7) is 0. The van der Waals surface area contributed by atoms with Gasteiger partial charge in [-0.1, -0.05) is 12.1 Å². The average Bonchev–Trinajstić information content (AvgIpc) is 2.80. The van der Waals surface area contributed by atoms with Crippen LogP contribution in [0.15, 0.2) is 29.1 Å². The predicted molar refractivity (Wildman–Crippen MR) is 136 cm³/mol. The largest absolute Gasteiger partial charge is 0.326 e. The summed E-state index contributed by atoms with van der Waals surface area (Å²) in [5, 5.41) is 9.55. The summed E-state index contributed by atoms with van der Waals surface area (Å²) in [6.07, 6.45) is 8.00. The number of nitrogens with one attached hydrogen (secondary N) is 2. The Bertz CT molecular complexity index is 979. The molecule has 0 unspecified atom stereocenters. The average molecular weight is 515 g/mol. The van der Waals surface area contributed by atoms with E-state index in [0.717, 1.165) is 79.4 Å². The van der Waals surface area contributed by atoms with Crippen LogP contribution in [0.25, 0.3) is 11.3 Å². The molecule has 2 aromatic rings. The number of unbranched alkanes of at least 4 members (excludes halogenated alkanes) is 2. The van der Waals surface area contributed by atoms with Crippen molar-refractivity contribution in [3.63, 3.8) is 0 Å². The highest BCUT2D eigenvalue weighted by Gasteiger charge is 2.19. The monoisotopic (exact) mass is 513 g/mol. The second kappa shape index (κ2) is 15.1. The minimum Gasteiger partial charge on any atom is -0.326 e. The number of anilines is 1. The maximum atomic E-state index is 12.0. The molecule has 0 saturated heterocycles. The zero-order valence-corrected chi connectivity index (χ0v) is 20.9. The number of nitrogens with zero attached hydrogens (tertiary/aromatic N) is 1. The number of carbonyl (C=O) groups excluding carboxylic acids is 2. The number of H-pyrrole nitrogens is 1.